The third kappa shape index (κ3) is 2.85. The Kier molecular flexibility index (Phi) is 3.57. The quantitative estimate of drug-likeness (QED) is 0.865. The predicted molar refractivity (Wildman–Crippen MR) is 72.2 cm³/mol. The first-order chi connectivity index (χ1) is 8.66. The molecule has 0 bridgehead atoms. The summed E-state index contributed by atoms with van der Waals surface area (Å²) in [7, 11) is 0. The lowest BCUT2D eigenvalue weighted by Crippen LogP contribution is -2.16. The highest BCUT2D eigenvalue weighted by molar-refractivity contribution is 5.94. The summed E-state index contributed by atoms with van der Waals surface area (Å²) in [6, 6.07) is 9.51. The number of nitrogens with two attached hydrogens (primary N) is 1. The maximum atomic E-state index is 11.9. The van der Waals surface area contributed by atoms with E-state index in [2.05, 4.69) is 10.3 Å². The minimum absolute atomic E-state index is 0.0813. The zero-order valence-corrected chi connectivity index (χ0v) is 10.2. The minimum atomic E-state index is -0.0813. The molecule has 2 aromatic rings. The number of amides is 1. The lowest BCUT2D eigenvalue weighted by atomic mass is 10.1. The van der Waals surface area contributed by atoms with Crippen LogP contribution in [-0.2, 0) is 11.2 Å². The van der Waals surface area contributed by atoms with Gasteiger partial charge < -0.3 is 11.1 Å². The molecule has 0 fully saturated rings. The van der Waals surface area contributed by atoms with E-state index in [1.54, 1.807) is 12.3 Å². The van der Waals surface area contributed by atoms with Crippen LogP contribution in [0, 0.1) is 6.92 Å². The fourth-order valence-corrected chi connectivity index (χ4v) is 1.70. The van der Waals surface area contributed by atoms with Gasteiger partial charge in [0.25, 0.3) is 0 Å². The summed E-state index contributed by atoms with van der Waals surface area (Å²) in [5.41, 5.74) is 8.91. The van der Waals surface area contributed by atoms with Gasteiger partial charge in [-0.3, -0.25) is 9.78 Å². The fraction of sp³-hybridized carbons (Fsp3) is 0.143. The summed E-state index contributed by atoms with van der Waals surface area (Å²) in [6.07, 6.45) is 3.46. The molecule has 2 rings (SSSR count). The fourth-order valence-electron chi connectivity index (χ4n) is 1.70. The molecule has 0 saturated carbocycles. The molecule has 1 amide bonds. The number of nitrogen functional groups attached to an aromatic ring is 1. The monoisotopic (exact) mass is 241 g/mol. The van der Waals surface area contributed by atoms with E-state index in [1.165, 1.54) is 6.20 Å². The maximum absolute atomic E-state index is 11.9. The third-order valence-electron chi connectivity index (χ3n) is 2.74. The predicted octanol–water partition coefficient (Wildman–Crippen LogP) is 2.15. The number of carbonyl (C=O) groups excluding carboxylic acids is 1. The van der Waals surface area contributed by atoms with Crippen molar-refractivity contribution in [2.75, 3.05) is 11.1 Å². The number of nitrogens with one attached hydrogen (secondary N) is 1. The average Bonchev–Trinajstić information content (AvgIpc) is 2.35. The molecule has 0 saturated heterocycles. The molecule has 1 aromatic carbocycles. The van der Waals surface area contributed by atoms with Crippen molar-refractivity contribution in [1.82, 2.24) is 4.98 Å². The second-order valence-corrected chi connectivity index (χ2v) is 4.11. The van der Waals surface area contributed by atoms with E-state index in [-0.39, 0.29) is 5.91 Å². The summed E-state index contributed by atoms with van der Waals surface area (Å²) in [4.78, 5) is 15.8. The van der Waals surface area contributed by atoms with Crippen molar-refractivity contribution >= 4 is 17.3 Å². The number of aryl methyl sites for hydroxylation is 1. The van der Waals surface area contributed by atoms with Gasteiger partial charge in [0, 0.05) is 6.20 Å². The maximum Gasteiger partial charge on any atom is 0.228 e. The van der Waals surface area contributed by atoms with E-state index < -0.39 is 0 Å². The molecule has 0 atom stereocenters. The Morgan fingerprint density at radius 1 is 1.33 bits per heavy atom. The topological polar surface area (TPSA) is 68.0 Å². The molecular formula is C14H15N3O. The second-order valence-electron chi connectivity index (χ2n) is 4.11. The van der Waals surface area contributed by atoms with E-state index in [4.69, 9.17) is 5.73 Å². The molecule has 0 spiro atoms. The molecule has 0 aliphatic heterocycles. The molecule has 18 heavy (non-hydrogen) atoms. The molecule has 4 heteroatoms. The van der Waals surface area contributed by atoms with Crippen LogP contribution < -0.4 is 11.1 Å². The van der Waals surface area contributed by atoms with Gasteiger partial charge in [0.15, 0.2) is 0 Å². The first-order valence-corrected chi connectivity index (χ1v) is 5.70. The number of nitrogens with zero attached hydrogens (tertiary/aromatic N) is 1. The van der Waals surface area contributed by atoms with Gasteiger partial charge in [0.05, 0.1) is 24.0 Å². The Morgan fingerprint density at radius 2 is 2.11 bits per heavy atom. The SMILES string of the molecule is Cc1ccccc1CC(=O)Nc1ccncc1N. The Bertz CT molecular complexity index is 517. The molecule has 4 nitrogen and oxygen atoms in total. The van der Waals surface area contributed by atoms with Crippen LogP contribution in [-0.4, -0.2) is 10.9 Å². The van der Waals surface area contributed by atoms with Crippen LogP contribution in [0.15, 0.2) is 42.7 Å². The normalized spacial score (nSPS) is 10.1. The highest BCUT2D eigenvalue weighted by Crippen LogP contribution is 2.16. The van der Waals surface area contributed by atoms with Crippen molar-refractivity contribution in [3.8, 4) is 0 Å². The van der Waals surface area contributed by atoms with Gasteiger partial charge in [-0.2, -0.15) is 0 Å². The van der Waals surface area contributed by atoms with Crippen molar-refractivity contribution < 1.29 is 4.79 Å². The first-order valence-electron chi connectivity index (χ1n) is 5.70. The van der Waals surface area contributed by atoms with Gasteiger partial charge in [0.2, 0.25) is 5.91 Å². The van der Waals surface area contributed by atoms with Gasteiger partial charge >= 0.3 is 0 Å². The molecule has 0 radical (unpaired) electrons. The lowest BCUT2D eigenvalue weighted by Gasteiger charge is -2.08. The number of rotatable bonds is 3. The third-order valence-corrected chi connectivity index (χ3v) is 2.74. The highest BCUT2D eigenvalue weighted by atomic mass is 16.1. The molecule has 0 unspecified atom stereocenters. The Hall–Kier alpha value is -2.36. The van der Waals surface area contributed by atoms with Gasteiger partial charge in [-0.25, -0.2) is 0 Å². The Balaban J connectivity index is 2.06. The van der Waals surface area contributed by atoms with E-state index in [9.17, 15) is 4.79 Å². The van der Waals surface area contributed by atoms with Crippen LogP contribution in [0.5, 0.6) is 0 Å². The number of aromatic nitrogens is 1. The van der Waals surface area contributed by atoms with Gasteiger partial charge in [0.1, 0.15) is 0 Å². The first kappa shape index (κ1) is 12.1. The van der Waals surface area contributed by atoms with Crippen LogP contribution in [0.4, 0.5) is 11.4 Å². The number of carbonyl (C=O) groups is 1. The van der Waals surface area contributed by atoms with Gasteiger partial charge in [-0.1, -0.05) is 24.3 Å². The highest BCUT2D eigenvalue weighted by Gasteiger charge is 2.07. The smallest absolute Gasteiger partial charge is 0.228 e. The second kappa shape index (κ2) is 5.31. The number of hydrogen-bond donors (Lipinski definition) is 2. The summed E-state index contributed by atoms with van der Waals surface area (Å²) < 4.78 is 0. The number of pyridine rings is 1. The zero-order valence-electron chi connectivity index (χ0n) is 10.2. The minimum Gasteiger partial charge on any atom is -0.396 e. The van der Waals surface area contributed by atoms with Crippen molar-refractivity contribution in [2.45, 2.75) is 13.3 Å². The van der Waals surface area contributed by atoms with Crippen molar-refractivity contribution in [1.29, 1.82) is 0 Å². The Morgan fingerprint density at radius 3 is 2.83 bits per heavy atom. The number of benzene rings is 1. The standard InChI is InChI=1S/C14H15N3O/c1-10-4-2-3-5-11(10)8-14(18)17-13-6-7-16-9-12(13)15/h2-7,9H,8,15H2,1H3,(H,16,17,18). The van der Waals surface area contributed by atoms with Gasteiger partial charge in [-0.15, -0.1) is 0 Å². The van der Waals surface area contributed by atoms with Gasteiger partial charge in [-0.05, 0) is 24.1 Å². The molecule has 3 N–H and O–H groups in total. The molecule has 1 aromatic heterocycles. The van der Waals surface area contributed by atoms with E-state index >= 15 is 0 Å². The van der Waals surface area contributed by atoms with E-state index in [0.29, 0.717) is 17.8 Å². The summed E-state index contributed by atoms with van der Waals surface area (Å²) in [5.74, 6) is -0.0813. The molecular weight excluding hydrogens is 226 g/mol. The number of anilines is 2. The summed E-state index contributed by atoms with van der Waals surface area (Å²) in [5, 5.41) is 2.78. The molecule has 1 heterocycles. The van der Waals surface area contributed by atoms with E-state index in [0.717, 1.165) is 11.1 Å². The molecule has 0 aliphatic carbocycles. The van der Waals surface area contributed by atoms with Crippen LogP contribution in [0.1, 0.15) is 11.1 Å². The van der Waals surface area contributed by atoms with Crippen molar-refractivity contribution in [2.24, 2.45) is 0 Å². The average molecular weight is 241 g/mol. The largest absolute Gasteiger partial charge is 0.396 e. The lowest BCUT2D eigenvalue weighted by molar-refractivity contribution is -0.115. The molecule has 92 valence electrons. The zero-order chi connectivity index (χ0) is 13.0. The summed E-state index contributed by atoms with van der Waals surface area (Å²) >= 11 is 0. The van der Waals surface area contributed by atoms with Crippen LogP contribution in [0.3, 0.4) is 0 Å². The summed E-state index contributed by atoms with van der Waals surface area (Å²) in [6.45, 7) is 1.99. The van der Waals surface area contributed by atoms with Crippen molar-refractivity contribution in [3.05, 3.63) is 53.9 Å². The van der Waals surface area contributed by atoms with Crippen LogP contribution in [0.25, 0.3) is 0 Å². The van der Waals surface area contributed by atoms with Crippen molar-refractivity contribution in [3.63, 3.8) is 0 Å². The number of hydrogen-bond acceptors (Lipinski definition) is 3. The van der Waals surface area contributed by atoms with Crippen LogP contribution >= 0.6 is 0 Å². The van der Waals surface area contributed by atoms with Crippen LogP contribution in [0.2, 0.25) is 0 Å². The Labute approximate surface area is 106 Å². The molecule has 0 aliphatic rings. The van der Waals surface area contributed by atoms with E-state index in [1.807, 2.05) is 31.2 Å².